The van der Waals surface area contributed by atoms with Crippen molar-refractivity contribution in [3.05, 3.63) is 21.0 Å². The molecular formula is C9H14BrN3O2. The van der Waals surface area contributed by atoms with Gasteiger partial charge < -0.3 is 10.4 Å². The number of nitrogens with one attached hydrogen (secondary N) is 2. The summed E-state index contributed by atoms with van der Waals surface area (Å²) in [5.74, 6) is 0. The number of aromatic amines is 1. The summed E-state index contributed by atoms with van der Waals surface area (Å²) in [4.78, 5) is 11.2. The number of anilines is 1. The van der Waals surface area contributed by atoms with Crippen molar-refractivity contribution in [2.75, 3.05) is 5.32 Å². The zero-order valence-electron chi connectivity index (χ0n) is 8.84. The monoisotopic (exact) mass is 275 g/mol. The van der Waals surface area contributed by atoms with Gasteiger partial charge in [-0.05, 0) is 36.7 Å². The topological polar surface area (TPSA) is 78.0 Å². The van der Waals surface area contributed by atoms with Crippen molar-refractivity contribution in [1.82, 2.24) is 10.2 Å². The molecule has 84 valence electrons. The summed E-state index contributed by atoms with van der Waals surface area (Å²) >= 11 is 3.15. The first-order valence-electron chi connectivity index (χ1n) is 4.54. The Balaban J connectivity index is 3.00. The van der Waals surface area contributed by atoms with Crippen molar-refractivity contribution in [3.8, 4) is 0 Å². The van der Waals surface area contributed by atoms with Crippen LogP contribution in [0.2, 0.25) is 0 Å². The molecule has 0 saturated heterocycles. The van der Waals surface area contributed by atoms with Crippen LogP contribution in [-0.2, 0) is 0 Å². The van der Waals surface area contributed by atoms with E-state index in [-0.39, 0.29) is 5.56 Å². The number of aliphatic hydroxyl groups is 1. The molecule has 15 heavy (non-hydrogen) atoms. The minimum Gasteiger partial charge on any atom is -0.391 e. The molecule has 0 spiro atoms. The molecule has 1 atom stereocenters. The molecule has 6 heteroatoms. The lowest BCUT2D eigenvalue weighted by molar-refractivity contribution is 0.133. The van der Waals surface area contributed by atoms with Gasteiger partial charge >= 0.3 is 0 Å². The number of hydrogen-bond donors (Lipinski definition) is 3. The van der Waals surface area contributed by atoms with Gasteiger partial charge in [-0.3, -0.25) is 4.79 Å². The molecule has 1 heterocycles. The highest BCUT2D eigenvalue weighted by atomic mass is 79.9. The first kappa shape index (κ1) is 12.2. The molecule has 0 radical (unpaired) electrons. The first-order valence-corrected chi connectivity index (χ1v) is 5.33. The van der Waals surface area contributed by atoms with E-state index in [1.807, 2.05) is 13.8 Å². The van der Waals surface area contributed by atoms with Gasteiger partial charge in [-0.25, -0.2) is 5.10 Å². The fraction of sp³-hybridized carbons (Fsp3) is 0.556. The van der Waals surface area contributed by atoms with Crippen molar-refractivity contribution in [1.29, 1.82) is 0 Å². The minimum absolute atomic E-state index is 0.304. The molecule has 5 nitrogen and oxygen atoms in total. The van der Waals surface area contributed by atoms with Gasteiger partial charge in [0.15, 0.2) is 0 Å². The molecule has 0 aliphatic rings. The van der Waals surface area contributed by atoms with Gasteiger partial charge in [0.25, 0.3) is 5.56 Å². The Kier molecular flexibility index (Phi) is 3.51. The fourth-order valence-corrected chi connectivity index (χ4v) is 1.21. The summed E-state index contributed by atoms with van der Waals surface area (Å²) in [5, 5.41) is 18.5. The highest BCUT2D eigenvalue weighted by Gasteiger charge is 2.24. The first-order chi connectivity index (χ1) is 6.84. The van der Waals surface area contributed by atoms with E-state index in [4.69, 9.17) is 0 Å². The van der Waals surface area contributed by atoms with E-state index in [9.17, 15) is 9.90 Å². The van der Waals surface area contributed by atoms with Gasteiger partial charge in [-0.2, -0.15) is 5.10 Å². The van der Waals surface area contributed by atoms with Gasteiger partial charge in [-0.1, -0.05) is 0 Å². The van der Waals surface area contributed by atoms with Crippen LogP contribution < -0.4 is 10.9 Å². The van der Waals surface area contributed by atoms with Crippen LogP contribution in [-0.4, -0.2) is 26.9 Å². The van der Waals surface area contributed by atoms with E-state index >= 15 is 0 Å². The smallest absolute Gasteiger partial charge is 0.280 e. The molecule has 1 rings (SSSR count). The molecule has 3 N–H and O–H groups in total. The third-order valence-corrected chi connectivity index (χ3v) is 3.08. The van der Waals surface area contributed by atoms with E-state index in [2.05, 4.69) is 31.4 Å². The van der Waals surface area contributed by atoms with Gasteiger partial charge in [0.1, 0.15) is 4.47 Å². The summed E-state index contributed by atoms with van der Waals surface area (Å²) in [5.41, 5.74) is -0.274. The Morgan fingerprint density at radius 3 is 2.80 bits per heavy atom. The van der Waals surface area contributed by atoms with Crippen LogP contribution in [0, 0.1) is 0 Å². The maximum Gasteiger partial charge on any atom is 0.280 e. The Morgan fingerprint density at radius 1 is 1.67 bits per heavy atom. The molecule has 0 aromatic carbocycles. The molecule has 0 aliphatic heterocycles. The standard InChI is InChI=1S/C9H14BrN3O2/c1-5(14)9(2,3)12-6-4-11-13-8(15)7(6)10/h4-5,14H,1-3H3,(H2,12,13,15). The largest absolute Gasteiger partial charge is 0.391 e. The van der Waals surface area contributed by atoms with Crippen molar-refractivity contribution in [3.63, 3.8) is 0 Å². The molecule has 0 amide bonds. The molecular weight excluding hydrogens is 262 g/mol. The third-order valence-electron chi connectivity index (χ3n) is 2.30. The van der Waals surface area contributed by atoms with Gasteiger partial charge in [0, 0.05) is 0 Å². The number of H-pyrrole nitrogens is 1. The molecule has 0 saturated carbocycles. The predicted octanol–water partition coefficient (Wildman–Crippen LogP) is 1.10. The average Bonchev–Trinajstić information content (AvgIpc) is 2.12. The molecule has 0 fully saturated rings. The van der Waals surface area contributed by atoms with E-state index < -0.39 is 11.6 Å². The van der Waals surface area contributed by atoms with E-state index in [1.54, 1.807) is 6.92 Å². The summed E-state index contributed by atoms with van der Waals surface area (Å²) in [6, 6.07) is 0. The molecule has 0 aliphatic carbocycles. The maximum absolute atomic E-state index is 11.2. The second-order valence-corrected chi connectivity index (χ2v) is 4.74. The number of aliphatic hydroxyl groups excluding tert-OH is 1. The van der Waals surface area contributed by atoms with Gasteiger partial charge in [0.2, 0.25) is 0 Å². The van der Waals surface area contributed by atoms with Crippen LogP contribution >= 0.6 is 15.9 Å². The lowest BCUT2D eigenvalue weighted by Crippen LogP contribution is -2.42. The Labute approximate surface area is 96.0 Å². The Hall–Kier alpha value is -0.880. The van der Waals surface area contributed by atoms with Crippen LogP contribution in [0.1, 0.15) is 20.8 Å². The average molecular weight is 276 g/mol. The van der Waals surface area contributed by atoms with Crippen molar-refractivity contribution in [2.24, 2.45) is 0 Å². The molecule has 1 aromatic heterocycles. The quantitative estimate of drug-likeness (QED) is 0.772. The van der Waals surface area contributed by atoms with Crippen LogP contribution in [0.25, 0.3) is 0 Å². The number of rotatable bonds is 3. The van der Waals surface area contributed by atoms with Crippen LogP contribution in [0.15, 0.2) is 15.5 Å². The Morgan fingerprint density at radius 2 is 2.27 bits per heavy atom. The molecule has 0 bridgehead atoms. The van der Waals surface area contributed by atoms with Crippen LogP contribution in [0.5, 0.6) is 0 Å². The number of hydrogen-bond acceptors (Lipinski definition) is 4. The summed E-state index contributed by atoms with van der Waals surface area (Å²) in [7, 11) is 0. The maximum atomic E-state index is 11.2. The number of aromatic nitrogens is 2. The summed E-state index contributed by atoms with van der Waals surface area (Å²) < 4.78 is 0.381. The highest BCUT2D eigenvalue weighted by Crippen LogP contribution is 2.22. The summed E-state index contributed by atoms with van der Waals surface area (Å²) in [6.07, 6.45) is 0.944. The second kappa shape index (κ2) is 4.32. The normalized spacial score (nSPS) is 13.7. The number of nitrogens with zero attached hydrogens (tertiary/aromatic N) is 1. The third kappa shape index (κ3) is 2.79. The van der Waals surface area contributed by atoms with E-state index in [1.165, 1.54) is 6.20 Å². The highest BCUT2D eigenvalue weighted by molar-refractivity contribution is 9.10. The second-order valence-electron chi connectivity index (χ2n) is 3.95. The molecule has 1 aromatic rings. The van der Waals surface area contributed by atoms with Crippen LogP contribution in [0.3, 0.4) is 0 Å². The van der Waals surface area contributed by atoms with Crippen LogP contribution in [0.4, 0.5) is 5.69 Å². The fourth-order valence-electron chi connectivity index (χ4n) is 0.922. The van der Waals surface area contributed by atoms with Crippen molar-refractivity contribution >= 4 is 21.6 Å². The zero-order chi connectivity index (χ0) is 11.6. The minimum atomic E-state index is -0.552. The van der Waals surface area contributed by atoms with Crippen molar-refractivity contribution < 1.29 is 5.11 Å². The lowest BCUT2D eigenvalue weighted by Gasteiger charge is -2.30. The predicted molar refractivity (Wildman–Crippen MR) is 61.9 cm³/mol. The Bertz CT molecular complexity index is 401. The van der Waals surface area contributed by atoms with Gasteiger partial charge in [-0.15, -0.1) is 0 Å². The lowest BCUT2D eigenvalue weighted by atomic mass is 9.98. The van der Waals surface area contributed by atoms with E-state index in [0.717, 1.165) is 0 Å². The van der Waals surface area contributed by atoms with E-state index in [0.29, 0.717) is 10.2 Å². The number of halogens is 1. The molecule has 1 unspecified atom stereocenters. The zero-order valence-corrected chi connectivity index (χ0v) is 10.4. The van der Waals surface area contributed by atoms with Gasteiger partial charge in [0.05, 0.1) is 23.5 Å². The summed E-state index contributed by atoms with van der Waals surface area (Å²) in [6.45, 7) is 5.36. The SMILES string of the molecule is CC(O)C(C)(C)Nc1cn[nH]c(=O)c1Br. The van der Waals surface area contributed by atoms with Crippen molar-refractivity contribution in [2.45, 2.75) is 32.4 Å².